The largest absolute Gasteiger partial charge is 0.491 e. The van der Waals surface area contributed by atoms with Gasteiger partial charge in [-0.2, -0.15) is 0 Å². The predicted molar refractivity (Wildman–Crippen MR) is 107 cm³/mol. The lowest BCUT2D eigenvalue weighted by Gasteiger charge is -2.10. The van der Waals surface area contributed by atoms with Gasteiger partial charge in [-0.3, -0.25) is 0 Å². The van der Waals surface area contributed by atoms with E-state index >= 15 is 0 Å². The van der Waals surface area contributed by atoms with E-state index in [2.05, 4.69) is 6.58 Å². The fraction of sp³-hybridized carbons (Fsp3) is 0.167. The molecule has 0 N–H and O–H groups in total. The standard InChI is InChI=1S/C24H21F3O/c1-3-5-6-16-7-8-17(13-21(16)25)18-9-11-20(22(26)14-18)19-10-12-24(28-4-2)23(27)15-19/h3,7-15H,1,4-6H2,2H3. The van der Waals surface area contributed by atoms with E-state index in [1.54, 1.807) is 43.3 Å². The third-order valence-electron chi connectivity index (χ3n) is 4.52. The van der Waals surface area contributed by atoms with Gasteiger partial charge in [0.2, 0.25) is 0 Å². The van der Waals surface area contributed by atoms with Gasteiger partial charge >= 0.3 is 0 Å². The van der Waals surface area contributed by atoms with Crippen molar-refractivity contribution in [1.29, 1.82) is 0 Å². The predicted octanol–water partition coefficient (Wildman–Crippen LogP) is 6.96. The van der Waals surface area contributed by atoms with Gasteiger partial charge < -0.3 is 4.74 Å². The molecule has 4 heteroatoms. The lowest BCUT2D eigenvalue weighted by Crippen LogP contribution is -1.95. The Morgan fingerprint density at radius 2 is 1.46 bits per heavy atom. The Labute approximate surface area is 163 Å². The number of rotatable bonds is 7. The second kappa shape index (κ2) is 8.79. The van der Waals surface area contributed by atoms with Crippen LogP contribution >= 0.6 is 0 Å². The Hall–Kier alpha value is -3.01. The van der Waals surface area contributed by atoms with E-state index in [1.165, 1.54) is 24.3 Å². The van der Waals surface area contributed by atoms with E-state index < -0.39 is 11.6 Å². The molecule has 0 heterocycles. The lowest BCUT2D eigenvalue weighted by molar-refractivity contribution is 0.321. The molecule has 0 spiro atoms. The van der Waals surface area contributed by atoms with Gasteiger partial charge in [-0.25, -0.2) is 13.2 Å². The summed E-state index contributed by atoms with van der Waals surface area (Å²) in [5, 5.41) is 0. The van der Waals surface area contributed by atoms with Crippen molar-refractivity contribution in [2.24, 2.45) is 0 Å². The number of hydrogen-bond donors (Lipinski definition) is 0. The summed E-state index contributed by atoms with van der Waals surface area (Å²) in [7, 11) is 0. The number of hydrogen-bond acceptors (Lipinski definition) is 1. The molecule has 28 heavy (non-hydrogen) atoms. The lowest BCUT2D eigenvalue weighted by atomic mass is 9.98. The van der Waals surface area contributed by atoms with Crippen LogP contribution in [0.4, 0.5) is 13.2 Å². The monoisotopic (exact) mass is 382 g/mol. The Bertz CT molecular complexity index is 995. The second-order valence-electron chi connectivity index (χ2n) is 6.41. The van der Waals surface area contributed by atoms with Gasteiger partial charge in [0.25, 0.3) is 0 Å². The van der Waals surface area contributed by atoms with Gasteiger partial charge in [0.15, 0.2) is 11.6 Å². The summed E-state index contributed by atoms with van der Waals surface area (Å²) >= 11 is 0. The molecule has 3 aromatic rings. The first kappa shape index (κ1) is 19.7. The van der Waals surface area contributed by atoms with Crippen molar-refractivity contribution >= 4 is 0 Å². The fourth-order valence-electron chi connectivity index (χ4n) is 3.06. The van der Waals surface area contributed by atoms with Crippen molar-refractivity contribution in [2.75, 3.05) is 6.61 Å². The summed E-state index contributed by atoms with van der Waals surface area (Å²) in [6.07, 6.45) is 3.01. The van der Waals surface area contributed by atoms with Crippen molar-refractivity contribution in [3.8, 4) is 28.0 Å². The van der Waals surface area contributed by atoms with E-state index in [0.29, 0.717) is 41.7 Å². The number of benzene rings is 3. The Balaban J connectivity index is 1.89. The van der Waals surface area contributed by atoms with Crippen LogP contribution in [-0.4, -0.2) is 6.61 Å². The minimum Gasteiger partial charge on any atom is -0.491 e. The van der Waals surface area contributed by atoms with Gasteiger partial charge in [0.05, 0.1) is 6.61 Å². The van der Waals surface area contributed by atoms with Crippen LogP contribution in [0.1, 0.15) is 18.9 Å². The SMILES string of the molecule is C=CCCc1ccc(-c2ccc(-c3ccc(OCC)c(F)c3)c(F)c2)cc1F. The molecule has 0 radical (unpaired) electrons. The van der Waals surface area contributed by atoms with Crippen LogP contribution in [0.15, 0.2) is 67.3 Å². The highest BCUT2D eigenvalue weighted by Crippen LogP contribution is 2.31. The van der Waals surface area contributed by atoms with Crippen LogP contribution < -0.4 is 4.74 Å². The van der Waals surface area contributed by atoms with E-state index in [0.717, 1.165) is 0 Å². The molecule has 0 aliphatic heterocycles. The van der Waals surface area contributed by atoms with Gasteiger partial charge in [0, 0.05) is 5.56 Å². The van der Waals surface area contributed by atoms with E-state index in [4.69, 9.17) is 4.74 Å². The van der Waals surface area contributed by atoms with Gasteiger partial charge in [-0.1, -0.05) is 36.4 Å². The molecule has 0 saturated heterocycles. The molecule has 0 fully saturated rings. The van der Waals surface area contributed by atoms with Crippen molar-refractivity contribution < 1.29 is 17.9 Å². The Morgan fingerprint density at radius 1 is 0.821 bits per heavy atom. The zero-order chi connectivity index (χ0) is 20.1. The third-order valence-corrected chi connectivity index (χ3v) is 4.52. The molecular weight excluding hydrogens is 361 g/mol. The molecule has 0 unspecified atom stereocenters. The summed E-state index contributed by atoms with van der Waals surface area (Å²) in [5.41, 5.74) is 2.43. The Kier molecular flexibility index (Phi) is 6.19. The van der Waals surface area contributed by atoms with Crippen LogP contribution in [0.5, 0.6) is 5.75 Å². The average Bonchev–Trinajstić information content (AvgIpc) is 2.68. The minimum absolute atomic E-state index is 0.135. The molecule has 3 rings (SSSR count). The molecule has 0 amide bonds. The Morgan fingerprint density at radius 3 is 2.07 bits per heavy atom. The first-order valence-corrected chi connectivity index (χ1v) is 9.15. The van der Waals surface area contributed by atoms with Crippen LogP contribution in [0, 0.1) is 17.5 Å². The highest BCUT2D eigenvalue weighted by molar-refractivity contribution is 5.71. The number of halogens is 3. The fourth-order valence-corrected chi connectivity index (χ4v) is 3.06. The summed E-state index contributed by atoms with van der Waals surface area (Å²) in [6, 6.07) is 13.8. The highest BCUT2D eigenvalue weighted by atomic mass is 19.1. The quantitative estimate of drug-likeness (QED) is 0.402. The normalized spacial score (nSPS) is 10.7. The average molecular weight is 382 g/mol. The smallest absolute Gasteiger partial charge is 0.165 e. The third kappa shape index (κ3) is 4.28. The summed E-state index contributed by atoms with van der Waals surface area (Å²) in [5.74, 6) is -1.23. The van der Waals surface area contributed by atoms with Crippen molar-refractivity contribution in [3.63, 3.8) is 0 Å². The molecule has 0 aliphatic rings. The zero-order valence-electron chi connectivity index (χ0n) is 15.6. The summed E-state index contributed by atoms with van der Waals surface area (Å²) < 4.78 is 48.2. The first-order valence-electron chi connectivity index (χ1n) is 9.15. The zero-order valence-corrected chi connectivity index (χ0v) is 15.6. The first-order chi connectivity index (χ1) is 13.5. The number of aryl methyl sites for hydroxylation is 1. The maximum Gasteiger partial charge on any atom is 0.165 e. The topological polar surface area (TPSA) is 9.23 Å². The number of allylic oxidation sites excluding steroid dienone is 1. The summed E-state index contributed by atoms with van der Waals surface area (Å²) in [6.45, 7) is 5.75. The molecule has 0 aromatic heterocycles. The minimum atomic E-state index is -0.542. The molecule has 144 valence electrons. The van der Waals surface area contributed by atoms with Gasteiger partial charge in [-0.05, 0) is 66.3 Å². The molecular formula is C24H21F3O. The molecule has 1 nitrogen and oxygen atoms in total. The van der Waals surface area contributed by atoms with Crippen molar-refractivity contribution in [2.45, 2.75) is 19.8 Å². The van der Waals surface area contributed by atoms with E-state index in [1.807, 2.05) is 0 Å². The maximum absolute atomic E-state index is 14.7. The van der Waals surface area contributed by atoms with Crippen LogP contribution in [0.3, 0.4) is 0 Å². The molecule has 3 aromatic carbocycles. The number of ether oxygens (including phenoxy) is 1. The van der Waals surface area contributed by atoms with Crippen LogP contribution in [0.25, 0.3) is 22.3 Å². The maximum atomic E-state index is 14.7. The molecule has 0 bridgehead atoms. The molecule has 0 saturated carbocycles. The van der Waals surface area contributed by atoms with Crippen LogP contribution in [0.2, 0.25) is 0 Å². The molecule has 0 aliphatic carbocycles. The van der Waals surface area contributed by atoms with Crippen LogP contribution in [-0.2, 0) is 6.42 Å². The highest BCUT2D eigenvalue weighted by Gasteiger charge is 2.12. The van der Waals surface area contributed by atoms with Crippen molar-refractivity contribution in [1.82, 2.24) is 0 Å². The molecule has 0 atom stereocenters. The van der Waals surface area contributed by atoms with Crippen molar-refractivity contribution in [3.05, 3.63) is 90.3 Å². The second-order valence-corrected chi connectivity index (χ2v) is 6.41. The van der Waals surface area contributed by atoms with Gasteiger partial charge in [-0.15, -0.1) is 6.58 Å². The van der Waals surface area contributed by atoms with E-state index in [9.17, 15) is 13.2 Å². The van der Waals surface area contributed by atoms with Gasteiger partial charge in [0.1, 0.15) is 11.6 Å². The summed E-state index contributed by atoms with van der Waals surface area (Å²) in [4.78, 5) is 0. The van der Waals surface area contributed by atoms with E-state index in [-0.39, 0.29) is 17.1 Å².